The molecule has 0 saturated heterocycles. The molecule has 0 aliphatic heterocycles. The number of para-hydroxylation sites is 1. The second-order valence-corrected chi connectivity index (χ2v) is 7.53. The Morgan fingerprint density at radius 3 is 2.20 bits per heavy atom. The van der Waals surface area contributed by atoms with E-state index in [1.54, 1.807) is 36.4 Å². The van der Waals surface area contributed by atoms with Crippen molar-refractivity contribution in [3.05, 3.63) is 60.4 Å². The first-order valence-electron chi connectivity index (χ1n) is 10.1. The van der Waals surface area contributed by atoms with Crippen LogP contribution in [0.1, 0.15) is 27.2 Å². The second-order valence-electron chi connectivity index (χ2n) is 7.53. The maximum Gasteiger partial charge on any atom is 0.416 e. The highest BCUT2D eigenvalue weighted by atomic mass is 19.1. The molecule has 0 spiro atoms. The van der Waals surface area contributed by atoms with Crippen LogP contribution in [0.5, 0.6) is 5.75 Å². The number of benzene rings is 2. The lowest BCUT2D eigenvalue weighted by Crippen LogP contribution is -2.57. The van der Waals surface area contributed by atoms with E-state index in [-0.39, 0.29) is 11.7 Å². The van der Waals surface area contributed by atoms with Gasteiger partial charge in [-0.1, -0.05) is 38.5 Å². The average Bonchev–Trinajstić information content (AvgIpc) is 2.71. The first-order chi connectivity index (χ1) is 14.2. The van der Waals surface area contributed by atoms with Gasteiger partial charge in [0.15, 0.2) is 0 Å². The maximum absolute atomic E-state index is 13.2. The summed E-state index contributed by atoms with van der Waals surface area (Å²) in [5.74, 6) is -0.659. The summed E-state index contributed by atoms with van der Waals surface area (Å²) in [7, 11) is 1.84. The van der Waals surface area contributed by atoms with Gasteiger partial charge in [-0.05, 0) is 49.2 Å². The van der Waals surface area contributed by atoms with Gasteiger partial charge in [-0.15, -0.1) is 0 Å². The Bertz CT molecular complexity index is 829. The Balaban J connectivity index is 2.29. The number of primary amides is 1. The molecular formula is C23H30FN3O3. The number of hydrogen-bond acceptors (Lipinski definition) is 4. The average molecular weight is 416 g/mol. The lowest BCUT2D eigenvalue weighted by molar-refractivity contribution is -0.125. The van der Waals surface area contributed by atoms with Crippen LogP contribution in [0.15, 0.2) is 54.6 Å². The van der Waals surface area contributed by atoms with Crippen LogP contribution in [-0.2, 0) is 4.79 Å². The lowest BCUT2D eigenvalue weighted by atomic mass is 9.96. The van der Waals surface area contributed by atoms with Crippen LogP contribution < -0.4 is 15.4 Å². The molecule has 0 radical (unpaired) electrons. The van der Waals surface area contributed by atoms with Gasteiger partial charge in [-0.3, -0.25) is 9.69 Å². The molecule has 2 aromatic carbocycles. The summed E-state index contributed by atoms with van der Waals surface area (Å²) < 4.78 is 18.8. The molecular weight excluding hydrogens is 385 g/mol. The van der Waals surface area contributed by atoms with E-state index in [2.05, 4.69) is 0 Å². The summed E-state index contributed by atoms with van der Waals surface area (Å²) >= 11 is 0. The maximum atomic E-state index is 13.2. The number of ether oxygens (including phenoxy) is 1. The summed E-state index contributed by atoms with van der Waals surface area (Å²) in [5.41, 5.74) is 6.49. The predicted octanol–water partition coefficient (Wildman–Crippen LogP) is 4.05. The summed E-state index contributed by atoms with van der Waals surface area (Å²) in [5, 5.41) is 0. The Hall–Kier alpha value is -3.09. The fourth-order valence-corrected chi connectivity index (χ4v) is 3.41. The van der Waals surface area contributed by atoms with Gasteiger partial charge in [0.05, 0.1) is 6.04 Å². The fraction of sp³-hybridized carbons (Fsp3) is 0.391. The first-order valence-corrected chi connectivity index (χ1v) is 10.1. The van der Waals surface area contributed by atoms with Crippen molar-refractivity contribution < 1.29 is 18.7 Å². The molecule has 2 aromatic rings. The lowest BCUT2D eigenvalue weighted by Gasteiger charge is -2.38. The Morgan fingerprint density at radius 2 is 1.67 bits per heavy atom. The quantitative estimate of drug-likeness (QED) is 0.670. The molecule has 0 heterocycles. The molecule has 0 saturated carbocycles. The molecule has 0 aromatic heterocycles. The minimum Gasteiger partial charge on any atom is -0.410 e. The second kappa shape index (κ2) is 10.6. The number of anilines is 1. The van der Waals surface area contributed by atoms with Gasteiger partial charge < -0.3 is 15.4 Å². The van der Waals surface area contributed by atoms with Crippen LogP contribution in [0.25, 0.3) is 0 Å². The molecule has 0 fully saturated rings. The molecule has 2 amide bonds. The minimum atomic E-state index is -0.817. The summed E-state index contributed by atoms with van der Waals surface area (Å²) in [6.07, 6.45) is 0.0359. The van der Waals surface area contributed by atoms with Gasteiger partial charge >= 0.3 is 6.09 Å². The molecule has 162 valence electrons. The fourth-order valence-electron chi connectivity index (χ4n) is 3.41. The van der Waals surface area contributed by atoms with Crippen molar-refractivity contribution in [2.24, 2.45) is 11.7 Å². The normalized spacial score (nSPS) is 13.8. The number of nitrogens with two attached hydrogens (primary N) is 1. The van der Waals surface area contributed by atoms with Crippen molar-refractivity contribution in [3.8, 4) is 5.75 Å². The number of likely N-dealkylation sites (N-methyl/N-ethyl adjacent to an activating group) is 1. The van der Waals surface area contributed by atoms with Crippen molar-refractivity contribution in [3.63, 3.8) is 0 Å². The first kappa shape index (κ1) is 23.2. The van der Waals surface area contributed by atoms with Crippen LogP contribution in [0, 0.1) is 11.7 Å². The van der Waals surface area contributed by atoms with Gasteiger partial charge in [-0.2, -0.15) is 0 Å². The molecule has 30 heavy (non-hydrogen) atoms. The van der Waals surface area contributed by atoms with Gasteiger partial charge in [-0.25, -0.2) is 9.18 Å². The molecule has 2 unspecified atom stereocenters. The number of carbonyl (C=O) groups excluding carboxylic acids is 2. The molecule has 7 heteroatoms. The van der Waals surface area contributed by atoms with E-state index in [9.17, 15) is 14.0 Å². The van der Waals surface area contributed by atoms with E-state index in [4.69, 9.17) is 10.5 Å². The Kier molecular flexibility index (Phi) is 8.21. The number of rotatable bonds is 9. The van der Waals surface area contributed by atoms with Crippen molar-refractivity contribution in [2.75, 3.05) is 18.5 Å². The number of carbonyl (C=O) groups is 2. The molecule has 0 bridgehead atoms. The van der Waals surface area contributed by atoms with E-state index < -0.39 is 24.1 Å². The topological polar surface area (TPSA) is 75.9 Å². The minimum absolute atomic E-state index is 0.149. The van der Waals surface area contributed by atoms with Crippen LogP contribution in [-0.4, -0.2) is 42.6 Å². The van der Waals surface area contributed by atoms with Crippen molar-refractivity contribution in [1.82, 2.24) is 4.90 Å². The van der Waals surface area contributed by atoms with E-state index in [1.807, 2.05) is 38.8 Å². The molecule has 3 atom stereocenters. The third-order valence-electron chi connectivity index (χ3n) is 5.21. The van der Waals surface area contributed by atoms with Gasteiger partial charge in [0.1, 0.15) is 17.6 Å². The Morgan fingerprint density at radius 1 is 1.07 bits per heavy atom. The largest absolute Gasteiger partial charge is 0.416 e. The number of amides is 2. The SMILES string of the molecule is CCC(C)[C@@H](C(N)=O)N(C(=O)Oc1ccccc1)C(C)CN(C)c1ccc(F)cc1. The summed E-state index contributed by atoms with van der Waals surface area (Å²) in [4.78, 5) is 28.7. The van der Waals surface area contributed by atoms with Gasteiger partial charge in [0.2, 0.25) is 5.91 Å². The van der Waals surface area contributed by atoms with E-state index in [1.165, 1.54) is 17.0 Å². The zero-order valence-electron chi connectivity index (χ0n) is 17.9. The molecule has 0 aliphatic rings. The van der Waals surface area contributed by atoms with Crippen LogP contribution in [0.3, 0.4) is 0 Å². The van der Waals surface area contributed by atoms with Crippen LogP contribution >= 0.6 is 0 Å². The van der Waals surface area contributed by atoms with Crippen LogP contribution in [0.4, 0.5) is 14.9 Å². The zero-order valence-corrected chi connectivity index (χ0v) is 17.9. The molecule has 0 aliphatic carbocycles. The van der Waals surface area contributed by atoms with Crippen molar-refractivity contribution in [1.29, 1.82) is 0 Å². The smallest absolute Gasteiger partial charge is 0.410 e. The monoisotopic (exact) mass is 415 g/mol. The highest BCUT2D eigenvalue weighted by Crippen LogP contribution is 2.22. The predicted molar refractivity (Wildman–Crippen MR) is 116 cm³/mol. The highest BCUT2D eigenvalue weighted by Gasteiger charge is 2.37. The molecule has 2 rings (SSSR count). The van der Waals surface area contributed by atoms with Crippen LogP contribution in [0.2, 0.25) is 0 Å². The van der Waals surface area contributed by atoms with E-state index >= 15 is 0 Å². The van der Waals surface area contributed by atoms with E-state index in [0.29, 0.717) is 18.7 Å². The van der Waals surface area contributed by atoms with Crippen molar-refractivity contribution in [2.45, 2.75) is 39.3 Å². The number of hydrogen-bond donors (Lipinski definition) is 1. The van der Waals surface area contributed by atoms with Gasteiger partial charge in [0.25, 0.3) is 0 Å². The highest BCUT2D eigenvalue weighted by molar-refractivity contribution is 5.85. The molecule has 2 N–H and O–H groups in total. The van der Waals surface area contributed by atoms with Crippen molar-refractivity contribution >= 4 is 17.7 Å². The third kappa shape index (κ3) is 5.95. The zero-order chi connectivity index (χ0) is 22.3. The number of nitrogens with zero attached hydrogens (tertiary/aromatic N) is 2. The summed E-state index contributed by atoms with van der Waals surface area (Å²) in [6.45, 7) is 6.06. The number of halogens is 1. The van der Waals surface area contributed by atoms with Gasteiger partial charge in [0, 0.05) is 19.3 Å². The standard InChI is InChI=1S/C23H30FN3O3/c1-5-16(2)21(22(25)28)27(23(29)30-20-9-7-6-8-10-20)17(3)15-26(4)19-13-11-18(24)12-14-19/h6-14,16-17,21H,5,15H2,1-4H3,(H2,25,28)/t16?,17?,21-/m0/s1. The third-order valence-corrected chi connectivity index (χ3v) is 5.21. The molecule has 6 nitrogen and oxygen atoms in total. The Labute approximate surface area is 177 Å². The summed E-state index contributed by atoms with van der Waals surface area (Å²) in [6, 6.07) is 13.6. The van der Waals surface area contributed by atoms with E-state index in [0.717, 1.165) is 5.69 Å².